The van der Waals surface area contributed by atoms with Crippen molar-refractivity contribution in [1.29, 1.82) is 0 Å². The van der Waals surface area contributed by atoms with Crippen molar-refractivity contribution in [2.24, 2.45) is 0 Å². The predicted molar refractivity (Wildman–Crippen MR) is 39.7 cm³/mol. The summed E-state index contributed by atoms with van der Waals surface area (Å²) in [7, 11) is 0. The van der Waals surface area contributed by atoms with Crippen molar-refractivity contribution in [2.45, 2.75) is 3.74 Å². The zero-order valence-electron chi connectivity index (χ0n) is 2.92. The van der Waals surface area contributed by atoms with Gasteiger partial charge in [0.05, 0.1) is 0 Å². The van der Waals surface area contributed by atoms with Gasteiger partial charge < -0.3 is 0 Å². The Bertz CT molecular complexity index is 57.1. The summed E-state index contributed by atoms with van der Waals surface area (Å²) >= 11 is 9.57. The highest BCUT2D eigenvalue weighted by molar-refractivity contribution is 9.25. The van der Waals surface area contributed by atoms with Crippen molar-refractivity contribution >= 4 is 47.8 Å². The number of hydrogen-bond acceptors (Lipinski definition) is 0. The van der Waals surface area contributed by atoms with E-state index in [0.717, 1.165) is 4.48 Å². The molecule has 0 fully saturated rings. The van der Waals surface area contributed by atoms with Gasteiger partial charge in [0.25, 0.3) is 0 Å². The van der Waals surface area contributed by atoms with Crippen LogP contribution in [0.3, 0.4) is 0 Å². The quantitative estimate of drug-likeness (QED) is 0.647. The molecule has 0 aromatic heterocycles. The van der Waals surface area contributed by atoms with Crippen LogP contribution in [0, 0.1) is 0 Å². The molecular formula is C3H3Br3. The molecule has 3 heteroatoms. The average molecular weight is 279 g/mol. The Balaban J connectivity index is 3.26. The first kappa shape index (κ1) is 7.18. The molecule has 6 heavy (non-hydrogen) atoms. The summed E-state index contributed by atoms with van der Waals surface area (Å²) in [6, 6.07) is 0. The van der Waals surface area contributed by atoms with Crippen molar-refractivity contribution in [3.63, 3.8) is 0 Å². The van der Waals surface area contributed by atoms with E-state index in [1.54, 1.807) is 0 Å². The zero-order chi connectivity index (χ0) is 5.15. The summed E-state index contributed by atoms with van der Waals surface area (Å²) in [5.74, 6) is 0. The minimum Gasteiger partial charge on any atom is -0.0868 e. The molecule has 36 valence electrons. The highest BCUT2D eigenvalue weighted by Crippen LogP contribution is 2.21. The van der Waals surface area contributed by atoms with Crippen molar-refractivity contribution < 1.29 is 0 Å². The third kappa shape index (κ3) is 3.37. The van der Waals surface area contributed by atoms with Gasteiger partial charge in [-0.25, -0.2) is 0 Å². The molecule has 0 spiro atoms. The summed E-state index contributed by atoms with van der Waals surface area (Å²) in [6.45, 7) is 3.58. The van der Waals surface area contributed by atoms with Gasteiger partial charge in [-0.1, -0.05) is 54.4 Å². The van der Waals surface area contributed by atoms with Gasteiger partial charge in [-0.2, -0.15) is 0 Å². The number of rotatable bonds is 1. The van der Waals surface area contributed by atoms with Gasteiger partial charge in [0, 0.05) is 4.48 Å². The van der Waals surface area contributed by atoms with E-state index in [2.05, 4.69) is 54.4 Å². The lowest BCUT2D eigenvalue weighted by atomic mass is 10.8. The van der Waals surface area contributed by atoms with Gasteiger partial charge in [0.2, 0.25) is 0 Å². The lowest BCUT2D eigenvalue weighted by Crippen LogP contribution is -1.76. The fraction of sp³-hybridized carbons (Fsp3) is 0.333. The highest BCUT2D eigenvalue weighted by atomic mass is 79.9. The highest BCUT2D eigenvalue weighted by Gasteiger charge is 1.94. The first-order chi connectivity index (χ1) is 2.64. The smallest absolute Gasteiger partial charge is 0.0868 e. The second-order valence-corrected chi connectivity index (χ2v) is 4.83. The molecule has 0 nitrogen and oxygen atoms in total. The lowest BCUT2D eigenvalue weighted by molar-refractivity contribution is 1.72. The number of alkyl halides is 2. The van der Waals surface area contributed by atoms with Crippen molar-refractivity contribution in [2.75, 3.05) is 0 Å². The van der Waals surface area contributed by atoms with E-state index in [9.17, 15) is 0 Å². The van der Waals surface area contributed by atoms with Crippen LogP contribution in [0.15, 0.2) is 11.1 Å². The normalized spacial score (nSPS) is 9.33. The van der Waals surface area contributed by atoms with Crippen LogP contribution < -0.4 is 0 Å². The van der Waals surface area contributed by atoms with E-state index < -0.39 is 0 Å². The number of allylic oxidation sites excluding steroid dienone is 1. The van der Waals surface area contributed by atoms with E-state index >= 15 is 0 Å². The molecule has 0 aromatic carbocycles. The Morgan fingerprint density at radius 2 is 1.67 bits per heavy atom. The van der Waals surface area contributed by atoms with Crippen molar-refractivity contribution in [3.8, 4) is 0 Å². The summed E-state index contributed by atoms with van der Waals surface area (Å²) in [6.07, 6.45) is 0. The fourth-order valence-corrected chi connectivity index (χ4v) is 0. The van der Waals surface area contributed by atoms with Crippen LogP contribution in [0.2, 0.25) is 0 Å². The second kappa shape index (κ2) is 3.22. The largest absolute Gasteiger partial charge is 0.100 e. The molecule has 0 radical (unpaired) electrons. The molecule has 0 aliphatic carbocycles. The van der Waals surface area contributed by atoms with Gasteiger partial charge in [-0.3, -0.25) is 0 Å². The Hall–Kier alpha value is 1.18. The topological polar surface area (TPSA) is 0 Å². The maximum Gasteiger partial charge on any atom is 0.100 e. The third-order valence-electron chi connectivity index (χ3n) is 0.237. The van der Waals surface area contributed by atoms with Gasteiger partial charge in [0.1, 0.15) is 3.74 Å². The Morgan fingerprint density at radius 3 is 1.67 bits per heavy atom. The third-order valence-corrected chi connectivity index (χ3v) is 3.03. The van der Waals surface area contributed by atoms with E-state index in [4.69, 9.17) is 0 Å². The minimum absolute atomic E-state index is 0.199. The van der Waals surface area contributed by atoms with Crippen molar-refractivity contribution in [1.82, 2.24) is 0 Å². The Labute approximate surface area is 62.4 Å². The molecule has 0 bridgehead atoms. The second-order valence-electron chi connectivity index (χ2n) is 0.748. The zero-order valence-corrected chi connectivity index (χ0v) is 7.68. The van der Waals surface area contributed by atoms with Crippen LogP contribution in [-0.4, -0.2) is 3.74 Å². The molecule has 0 amide bonds. The Kier molecular flexibility index (Phi) is 3.85. The van der Waals surface area contributed by atoms with Crippen LogP contribution >= 0.6 is 47.8 Å². The standard InChI is InChI=1S/C3H3Br3/c1-2(4)3(5)6/h3H,1H2. The predicted octanol–water partition coefficient (Wildman–Crippen LogP) is 3.01. The molecule has 0 saturated carbocycles. The van der Waals surface area contributed by atoms with Crippen molar-refractivity contribution in [3.05, 3.63) is 11.1 Å². The lowest BCUT2D eigenvalue weighted by Gasteiger charge is -1.90. The number of hydrogen-bond donors (Lipinski definition) is 0. The molecule has 0 aliphatic rings. The number of halogens is 3. The first-order valence-electron chi connectivity index (χ1n) is 1.27. The SMILES string of the molecule is C=C(Br)C(Br)Br. The molecule has 0 unspecified atom stereocenters. The molecule has 0 atom stereocenters. The van der Waals surface area contributed by atoms with E-state index in [1.807, 2.05) is 0 Å². The van der Waals surface area contributed by atoms with E-state index in [0.29, 0.717) is 0 Å². The van der Waals surface area contributed by atoms with Gasteiger partial charge >= 0.3 is 0 Å². The Morgan fingerprint density at radius 1 is 1.50 bits per heavy atom. The van der Waals surface area contributed by atoms with Gasteiger partial charge in [-0.05, 0) is 0 Å². The summed E-state index contributed by atoms with van der Waals surface area (Å²) in [4.78, 5) is 0. The fourth-order valence-electron chi connectivity index (χ4n) is 0. The monoisotopic (exact) mass is 276 g/mol. The average Bonchev–Trinajstić information content (AvgIpc) is 1.36. The molecule has 0 rings (SSSR count). The minimum atomic E-state index is 0.199. The maximum atomic E-state index is 3.58. The van der Waals surface area contributed by atoms with Crippen LogP contribution in [0.25, 0.3) is 0 Å². The summed E-state index contributed by atoms with van der Waals surface area (Å²) in [5, 5.41) is 0. The van der Waals surface area contributed by atoms with Gasteiger partial charge in [0.15, 0.2) is 0 Å². The summed E-state index contributed by atoms with van der Waals surface area (Å²) in [5.41, 5.74) is 0. The molecule has 0 N–H and O–H groups in total. The van der Waals surface area contributed by atoms with Crippen LogP contribution in [-0.2, 0) is 0 Å². The van der Waals surface area contributed by atoms with Gasteiger partial charge in [-0.15, -0.1) is 0 Å². The molecule has 0 aliphatic heterocycles. The van der Waals surface area contributed by atoms with E-state index in [1.165, 1.54) is 0 Å². The maximum absolute atomic E-state index is 3.58. The molecule has 0 heterocycles. The van der Waals surface area contributed by atoms with Crippen LogP contribution in [0.1, 0.15) is 0 Å². The summed E-state index contributed by atoms with van der Waals surface area (Å²) < 4.78 is 1.10. The van der Waals surface area contributed by atoms with Crippen LogP contribution in [0.5, 0.6) is 0 Å². The van der Waals surface area contributed by atoms with Crippen LogP contribution in [0.4, 0.5) is 0 Å². The molecule has 0 saturated heterocycles. The first-order valence-corrected chi connectivity index (χ1v) is 3.89. The molecule has 0 aromatic rings. The molecular weight excluding hydrogens is 276 g/mol. The van der Waals surface area contributed by atoms with E-state index in [-0.39, 0.29) is 3.74 Å².